The number of alkyl carbamates (subject to hydrolysis) is 2. The van der Waals surface area contributed by atoms with Crippen LogP contribution in [0.2, 0.25) is 0 Å². The molecule has 0 radical (unpaired) electrons. The minimum Gasteiger partial charge on any atom is -0.446 e. The molecule has 8 bridgehead atoms. The lowest BCUT2D eigenvalue weighted by atomic mass is 9.55. The van der Waals surface area contributed by atoms with Crippen LogP contribution >= 0.6 is 31.9 Å². The van der Waals surface area contributed by atoms with Crippen molar-refractivity contribution in [3.05, 3.63) is 68.6 Å². The highest BCUT2D eigenvalue weighted by Gasteiger charge is 2.52. The second-order valence-corrected chi connectivity index (χ2v) is 19.6. The van der Waals surface area contributed by atoms with Crippen molar-refractivity contribution < 1.29 is 33.4 Å². The van der Waals surface area contributed by atoms with Crippen molar-refractivity contribution in [2.24, 2.45) is 47.3 Å². The molecule has 10 rings (SSSR count). The van der Waals surface area contributed by atoms with E-state index in [-0.39, 0.29) is 25.0 Å². The van der Waals surface area contributed by atoms with Crippen LogP contribution in [0.4, 0.5) is 9.59 Å². The van der Waals surface area contributed by atoms with Gasteiger partial charge in [-0.2, -0.15) is 0 Å². The van der Waals surface area contributed by atoms with E-state index in [1.807, 2.05) is 48.5 Å². The highest BCUT2D eigenvalue weighted by atomic mass is 79.9. The van der Waals surface area contributed by atoms with Crippen LogP contribution in [0.15, 0.2) is 57.5 Å². The Kier molecular flexibility index (Phi) is 10.2. The Hall–Kier alpha value is -2.92. The first kappa shape index (κ1) is 37.0. The lowest BCUT2D eigenvalue weighted by Crippen LogP contribution is -2.60. The van der Waals surface area contributed by atoms with Gasteiger partial charge in [0.25, 0.3) is 0 Å². The third-order valence-electron chi connectivity index (χ3n) is 13.6. The fraction of sp³-hybridized carbons (Fsp3) is 0.619. The van der Waals surface area contributed by atoms with Crippen molar-refractivity contribution in [2.75, 3.05) is 0 Å². The molecule has 9 nitrogen and oxygen atoms in total. The zero-order valence-corrected chi connectivity index (χ0v) is 33.7. The van der Waals surface area contributed by atoms with Crippen LogP contribution in [0.3, 0.4) is 0 Å². The summed E-state index contributed by atoms with van der Waals surface area (Å²) in [5.41, 5.74) is -1.81. The number of esters is 2. The van der Waals surface area contributed by atoms with Gasteiger partial charge in [0.05, 0.1) is 0 Å². The van der Waals surface area contributed by atoms with E-state index in [1.54, 1.807) is 13.8 Å². The molecule has 0 heterocycles. The molecular weight excluding hydrogens is 804 g/mol. The predicted octanol–water partition coefficient (Wildman–Crippen LogP) is 8.69. The lowest BCUT2D eigenvalue weighted by molar-refractivity contribution is -0.168. The summed E-state index contributed by atoms with van der Waals surface area (Å²) in [7, 11) is 0. The first-order valence-corrected chi connectivity index (χ1v) is 21.1. The number of carbonyl (C=O) groups excluding carboxylic acids is 4. The van der Waals surface area contributed by atoms with Gasteiger partial charge in [0, 0.05) is 21.8 Å². The zero-order chi connectivity index (χ0) is 37.1. The number of nitrogens with one attached hydrogen (secondary N) is 2. The van der Waals surface area contributed by atoms with E-state index in [1.165, 1.54) is 12.8 Å². The predicted molar refractivity (Wildman–Crippen MR) is 205 cm³/mol. The van der Waals surface area contributed by atoms with Gasteiger partial charge in [0.2, 0.25) is 0 Å². The van der Waals surface area contributed by atoms with Crippen molar-refractivity contribution in [3.63, 3.8) is 0 Å². The Morgan fingerprint density at radius 1 is 0.547 bits per heavy atom. The van der Waals surface area contributed by atoms with Crippen LogP contribution in [0.5, 0.6) is 0 Å². The molecule has 8 aliphatic rings. The van der Waals surface area contributed by atoms with Gasteiger partial charge >= 0.3 is 24.1 Å². The molecule has 0 aromatic heterocycles. The molecule has 2 N–H and O–H groups in total. The summed E-state index contributed by atoms with van der Waals surface area (Å²) in [5.74, 6) is 2.35. The molecule has 2 aromatic rings. The van der Waals surface area contributed by atoms with Crippen molar-refractivity contribution in [3.8, 4) is 0 Å². The summed E-state index contributed by atoms with van der Waals surface area (Å²) in [6, 6.07) is 14.8. The second kappa shape index (κ2) is 14.6. The molecule has 2 aromatic carbocycles. The van der Waals surface area contributed by atoms with Gasteiger partial charge in [-0.15, -0.1) is 0 Å². The molecule has 284 valence electrons. The average molecular weight is 855 g/mol. The number of hydrogen-bond acceptors (Lipinski definition) is 7. The second-order valence-electron chi connectivity index (χ2n) is 17.8. The van der Waals surface area contributed by atoms with E-state index in [4.69, 9.17) is 14.2 Å². The standard InChI is InChI=1S/C42H50Br2N2O7/c1-41(21-23-3-7-33(43)8-4-23,45-39(49)51-35-29-13-25-11-26(15-29)16-30(35)14-25)37(47)53-38(48)42(2,22-24-5-9-34(44)10-6-24)46-40(50)52-36-31-17-27-12-28(19-31)20-32(36)18-27/h3-10,25-32,35-36H,11-22H2,1-2H3,(H,45,49)(H,46,50). The van der Waals surface area contributed by atoms with Crippen molar-refractivity contribution in [1.29, 1.82) is 0 Å². The third kappa shape index (κ3) is 7.94. The molecule has 11 heteroatoms. The molecular formula is C42H50Br2N2O7. The molecule has 0 saturated heterocycles. The van der Waals surface area contributed by atoms with E-state index < -0.39 is 35.2 Å². The number of halogens is 2. The Bertz CT molecular complexity index is 1550. The Morgan fingerprint density at radius 2 is 0.849 bits per heavy atom. The fourth-order valence-corrected chi connectivity index (χ4v) is 12.1. The molecule has 2 amide bonds. The number of rotatable bonds is 10. The van der Waals surface area contributed by atoms with Crippen LogP contribution in [-0.2, 0) is 36.6 Å². The van der Waals surface area contributed by atoms with Gasteiger partial charge < -0.3 is 24.8 Å². The van der Waals surface area contributed by atoms with Crippen LogP contribution in [-0.4, -0.2) is 47.4 Å². The fourth-order valence-electron chi connectivity index (χ4n) is 11.6. The first-order chi connectivity index (χ1) is 25.3. The number of hydrogen-bond donors (Lipinski definition) is 2. The summed E-state index contributed by atoms with van der Waals surface area (Å²) >= 11 is 6.92. The number of ether oxygens (including phenoxy) is 3. The molecule has 8 saturated carbocycles. The van der Waals surface area contributed by atoms with E-state index in [0.717, 1.165) is 95.1 Å². The minimum absolute atomic E-state index is 0.0501. The molecule has 2 unspecified atom stereocenters. The van der Waals surface area contributed by atoms with Crippen molar-refractivity contribution in [1.82, 2.24) is 10.6 Å². The monoisotopic (exact) mass is 852 g/mol. The quantitative estimate of drug-likeness (QED) is 0.140. The molecule has 53 heavy (non-hydrogen) atoms. The maximum absolute atomic E-state index is 14.3. The minimum atomic E-state index is -1.66. The lowest BCUT2D eigenvalue weighted by Gasteiger charge is -2.53. The maximum atomic E-state index is 14.3. The summed E-state index contributed by atoms with van der Waals surface area (Å²) in [6.07, 6.45) is 9.53. The first-order valence-electron chi connectivity index (χ1n) is 19.5. The summed E-state index contributed by atoms with van der Waals surface area (Å²) in [6.45, 7) is 3.12. The van der Waals surface area contributed by atoms with E-state index >= 15 is 0 Å². The average Bonchev–Trinajstić information content (AvgIpc) is 3.09. The number of amides is 2. The van der Waals surface area contributed by atoms with Crippen LogP contribution < -0.4 is 10.6 Å². The maximum Gasteiger partial charge on any atom is 0.408 e. The van der Waals surface area contributed by atoms with E-state index in [0.29, 0.717) is 23.7 Å². The van der Waals surface area contributed by atoms with Crippen molar-refractivity contribution >= 4 is 56.0 Å². The van der Waals surface area contributed by atoms with Gasteiger partial charge in [-0.05, 0) is 161 Å². The van der Waals surface area contributed by atoms with E-state index in [2.05, 4.69) is 42.5 Å². The Balaban J connectivity index is 0.997. The zero-order valence-electron chi connectivity index (χ0n) is 30.5. The molecule has 2 atom stereocenters. The SMILES string of the molecule is CC(Cc1ccc(Br)cc1)(NC(=O)OC1C2CC3CC(C2)CC1C3)C(=O)OC(=O)C(C)(Cc1ccc(Br)cc1)NC(=O)OC1C2CC3CC(C2)CC1C3. The topological polar surface area (TPSA) is 120 Å². The molecule has 8 aliphatic carbocycles. The van der Waals surface area contributed by atoms with Crippen molar-refractivity contribution in [2.45, 2.75) is 114 Å². The Morgan fingerprint density at radius 3 is 1.15 bits per heavy atom. The molecule has 0 aliphatic heterocycles. The molecule has 8 fully saturated rings. The van der Waals surface area contributed by atoms with Gasteiger partial charge in [-0.1, -0.05) is 56.1 Å². The van der Waals surface area contributed by atoms with Gasteiger partial charge in [0.15, 0.2) is 0 Å². The van der Waals surface area contributed by atoms with Crippen LogP contribution in [0.1, 0.15) is 89.2 Å². The van der Waals surface area contributed by atoms with Crippen LogP contribution in [0, 0.1) is 47.3 Å². The highest BCUT2D eigenvalue weighted by molar-refractivity contribution is 9.10. The van der Waals surface area contributed by atoms with Gasteiger partial charge in [-0.3, -0.25) is 0 Å². The van der Waals surface area contributed by atoms with Crippen LogP contribution in [0.25, 0.3) is 0 Å². The van der Waals surface area contributed by atoms with E-state index in [9.17, 15) is 19.2 Å². The summed E-state index contributed by atoms with van der Waals surface area (Å²) in [5, 5.41) is 5.67. The number of carbonyl (C=O) groups is 4. The largest absolute Gasteiger partial charge is 0.446 e. The van der Waals surface area contributed by atoms with Gasteiger partial charge in [0.1, 0.15) is 23.3 Å². The summed E-state index contributed by atoms with van der Waals surface area (Å²) < 4.78 is 19.7. The number of benzene rings is 2. The normalized spacial score (nSPS) is 34.0. The smallest absolute Gasteiger partial charge is 0.408 e. The van der Waals surface area contributed by atoms with Gasteiger partial charge in [-0.25, -0.2) is 19.2 Å². The molecule has 0 spiro atoms. The Labute approximate surface area is 328 Å². The third-order valence-corrected chi connectivity index (χ3v) is 14.6. The highest BCUT2D eigenvalue weighted by Crippen LogP contribution is 2.56. The summed E-state index contributed by atoms with van der Waals surface area (Å²) in [4.78, 5) is 55.9.